The number of aryl methyl sites for hydroxylation is 2. The van der Waals surface area contributed by atoms with Gasteiger partial charge in [0.25, 0.3) is 0 Å². The lowest BCUT2D eigenvalue weighted by Crippen LogP contribution is -2.56. The number of rotatable bonds is 5. The molecule has 1 fully saturated rings. The topological polar surface area (TPSA) is 73.6 Å². The van der Waals surface area contributed by atoms with Gasteiger partial charge < -0.3 is 9.64 Å². The largest absolute Gasteiger partial charge is 0.417 e. The molecule has 172 valence electrons. The number of alkyl halides is 3. The predicted octanol–water partition coefficient (Wildman–Crippen LogP) is 3.72. The Morgan fingerprint density at radius 2 is 1.88 bits per heavy atom. The highest BCUT2D eigenvalue weighted by molar-refractivity contribution is 7.89. The first-order chi connectivity index (χ1) is 15.0. The smallest absolute Gasteiger partial charge is 0.383 e. The lowest BCUT2D eigenvalue weighted by Gasteiger charge is -2.42. The molecule has 3 rings (SSSR count). The first-order valence-electron chi connectivity index (χ1n) is 9.93. The molecule has 0 N–H and O–H groups in total. The van der Waals surface area contributed by atoms with Gasteiger partial charge in [-0.15, -0.1) is 0 Å². The van der Waals surface area contributed by atoms with Crippen LogP contribution in [-0.2, 0) is 20.9 Å². The number of ether oxygens (including phenoxy) is 1. The summed E-state index contributed by atoms with van der Waals surface area (Å²) in [5.41, 5.74) is 0.379. The van der Waals surface area contributed by atoms with Crippen LogP contribution in [0.4, 0.5) is 18.9 Å². The van der Waals surface area contributed by atoms with E-state index in [4.69, 9.17) is 10.00 Å². The van der Waals surface area contributed by atoms with Crippen molar-refractivity contribution in [3.8, 4) is 6.07 Å². The molecule has 0 aliphatic carbocycles. The molecule has 10 heteroatoms. The van der Waals surface area contributed by atoms with Crippen molar-refractivity contribution < 1.29 is 26.3 Å². The zero-order valence-corrected chi connectivity index (χ0v) is 18.8. The second kappa shape index (κ2) is 9.10. The molecule has 0 bridgehead atoms. The standard InChI is InChI=1S/C22H24F3N3O3S/c1-15-4-7-21(16(2)10-15)32(29,30)27-8-9-28(19(13-27)14-31-3)18-6-5-17(12-26)20(11-18)22(23,24)25/h4-7,10-11,19H,8-9,13-14H2,1-3H3. The van der Waals surface area contributed by atoms with Crippen LogP contribution >= 0.6 is 0 Å². The molecular formula is C22H24F3N3O3S. The summed E-state index contributed by atoms with van der Waals surface area (Å²) in [6.45, 7) is 4.09. The first kappa shape index (κ1) is 24.0. The average Bonchev–Trinajstić information content (AvgIpc) is 2.72. The second-order valence-electron chi connectivity index (χ2n) is 7.77. The molecule has 1 saturated heterocycles. The van der Waals surface area contributed by atoms with Gasteiger partial charge in [0.05, 0.1) is 34.7 Å². The van der Waals surface area contributed by atoms with E-state index in [2.05, 4.69) is 0 Å². The molecule has 2 aromatic carbocycles. The Morgan fingerprint density at radius 3 is 2.47 bits per heavy atom. The highest BCUT2D eigenvalue weighted by atomic mass is 32.2. The van der Waals surface area contributed by atoms with Crippen LogP contribution in [0.3, 0.4) is 0 Å². The van der Waals surface area contributed by atoms with Crippen LogP contribution in [0.5, 0.6) is 0 Å². The van der Waals surface area contributed by atoms with Gasteiger partial charge in [0.15, 0.2) is 0 Å². The van der Waals surface area contributed by atoms with Gasteiger partial charge in [0.2, 0.25) is 10.0 Å². The molecule has 0 saturated carbocycles. The van der Waals surface area contributed by atoms with E-state index in [1.807, 2.05) is 6.92 Å². The summed E-state index contributed by atoms with van der Waals surface area (Å²) >= 11 is 0. The van der Waals surface area contributed by atoms with E-state index >= 15 is 0 Å². The van der Waals surface area contributed by atoms with E-state index in [-0.39, 0.29) is 36.8 Å². The highest BCUT2D eigenvalue weighted by Crippen LogP contribution is 2.35. The molecule has 1 unspecified atom stereocenters. The lowest BCUT2D eigenvalue weighted by atomic mass is 10.0. The van der Waals surface area contributed by atoms with Crippen molar-refractivity contribution >= 4 is 15.7 Å². The Hall–Kier alpha value is -2.61. The van der Waals surface area contributed by atoms with Crippen LogP contribution in [0.25, 0.3) is 0 Å². The highest BCUT2D eigenvalue weighted by Gasteiger charge is 2.37. The number of halogens is 3. The monoisotopic (exact) mass is 467 g/mol. The third-order valence-electron chi connectivity index (χ3n) is 5.51. The van der Waals surface area contributed by atoms with E-state index in [0.29, 0.717) is 5.56 Å². The van der Waals surface area contributed by atoms with Crippen molar-refractivity contribution in [1.29, 1.82) is 5.26 Å². The summed E-state index contributed by atoms with van der Waals surface area (Å²) in [6.07, 6.45) is -4.67. The fraction of sp³-hybridized carbons (Fsp3) is 0.409. The summed E-state index contributed by atoms with van der Waals surface area (Å²) in [4.78, 5) is 1.92. The quantitative estimate of drug-likeness (QED) is 0.670. The van der Waals surface area contributed by atoms with Crippen molar-refractivity contribution in [2.45, 2.75) is 31.0 Å². The molecule has 0 aromatic heterocycles. The van der Waals surface area contributed by atoms with Crippen LogP contribution < -0.4 is 4.90 Å². The van der Waals surface area contributed by atoms with Gasteiger partial charge in [-0.1, -0.05) is 17.7 Å². The van der Waals surface area contributed by atoms with E-state index in [1.54, 1.807) is 36.1 Å². The van der Waals surface area contributed by atoms with Gasteiger partial charge >= 0.3 is 6.18 Å². The van der Waals surface area contributed by atoms with Crippen LogP contribution in [0, 0.1) is 25.2 Å². The Balaban J connectivity index is 1.93. The minimum absolute atomic E-state index is 0.0604. The first-order valence-corrected chi connectivity index (χ1v) is 11.4. The van der Waals surface area contributed by atoms with E-state index < -0.39 is 33.4 Å². The zero-order valence-electron chi connectivity index (χ0n) is 18.0. The summed E-state index contributed by atoms with van der Waals surface area (Å²) in [5.74, 6) is 0. The molecular weight excluding hydrogens is 443 g/mol. The van der Waals surface area contributed by atoms with Gasteiger partial charge in [-0.3, -0.25) is 0 Å². The van der Waals surface area contributed by atoms with Gasteiger partial charge in [-0.05, 0) is 43.7 Å². The Morgan fingerprint density at radius 1 is 1.16 bits per heavy atom. The molecule has 1 heterocycles. The number of hydrogen-bond donors (Lipinski definition) is 0. The third-order valence-corrected chi connectivity index (χ3v) is 7.54. The van der Waals surface area contributed by atoms with Crippen LogP contribution in [-0.4, -0.2) is 52.1 Å². The molecule has 0 amide bonds. The predicted molar refractivity (Wildman–Crippen MR) is 114 cm³/mol. The molecule has 1 atom stereocenters. The number of anilines is 1. The summed E-state index contributed by atoms with van der Waals surface area (Å²) in [6, 6.07) is 9.71. The minimum Gasteiger partial charge on any atom is -0.383 e. The second-order valence-corrected chi connectivity index (χ2v) is 9.68. The van der Waals surface area contributed by atoms with E-state index in [9.17, 15) is 21.6 Å². The number of benzene rings is 2. The van der Waals surface area contributed by atoms with E-state index in [1.165, 1.54) is 17.5 Å². The Kier molecular flexibility index (Phi) is 6.83. The van der Waals surface area contributed by atoms with Gasteiger partial charge in [-0.25, -0.2) is 8.42 Å². The number of sulfonamides is 1. The normalized spacial score (nSPS) is 17.9. The Labute approximate surface area is 185 Å². The van der Waals surface area contributed by atoms with Crippen molar-refractivity contribution in [2.24, 2.45) is 0 Å². The van der Waals surface area contributed by atoms with Crippen LogP contribution in [0.15, 0.2) is 41.3 Å². The van der Waals surface area contributed by atoms with Crippen molar-refractivity contribution in [1.82, 2.24) is 4.31 Å². The van der Waals surface area contributed by atoms with Crippen molar-refractivity contribution in [3.05, 3.63) is 58.7 Å². The van der Waals surface area contributed by atoms with E-state index in [0.717, 1.165) is 17.7 Å². The molecule has 0 spiro atoms. The Bertz CT molecular complexity index is 1140. The maximum absolute atomic E-state index is 13.4. The fourth-order valence-corrected chi connectivity index (χ4v) is 5.67. The minimum atomic E-state index is -4.67. The van der Waals surface area contributed by atoms with Gasteiger partial charge in [0, 0.05) is 32.4 Å². The summed E-state index contributed by atoms with van der Waals surface area (Å²) < 4.78 is 73.4. The van der Waals surface area contributed by atoms with Crippen LogP contribution in [0.2, 0.25) is 0 Å². The van der Waals surface area contributed by atoms with Crippen molar-refractivity contribution in [2.75, 3.05) is 38.3 Å². The zero-order chi connectivity index (χ0) is 23.7. The van der Waals surface area contributed by atoms with Crippen LogP contribution in [0.1, 0.15) is 22.3 Å². The van der Waals surface area contributed by atoms with Gasteiger partial charge in [-0.2, -0.15) is 22.7 Å². The molecule has 2 aromatic rings. The van der Waals surface area contributed by atoms with Gasteiger partial charge in [0.1, 0.15) is 0 Å². The fourth-order valence-electron chi connectivity index (χ4n) is 3.99. The molecule has 0 radical (unpaired) electrons. The molecule has 32 heavy (non-hydrogen) atoms. The number of nitrogens with zero attached hydrogens (tertiary/aromatic N) is 3. The number of nitriles is 1. The maximum Gasteiger partial charge on any atom is 0.417 e. The number of hydrogen-bond acceptors (Lipinski definition) is 5. The maximum atomic E-state index is 13.4. The number of methoxy groups -OCH3 is 1. The molecule has 1 aliphatic rings. The summed E-state index contributed by atoms with van der Waals surface area (Å²) in [7, 11) is -2.33. The third kappa shape index (κ3) is 4.75. The van der Waals surface area contributed by atoms with Crippen molar-refractivity contribution in [3.63, 3.8) is 0 Å². The SMILES string of the molecule is COCC1CN(S(=O)(=O)c2ccc(C)cc2C)CCN1c1ccc(C#N)c(C(F)(F)F)c1. The molecule has 1 aliphatic heterocycles. The average molecular weight is 468 g/mol. The summed E-state index contributed by atoms with van der Waals surface area (Å²) in [5, 5.41) is 9.03. The number of piperazine rings is 1. The molecule has 6 nitrogen and oxygen atoms in total. The lowest BCUT2D eigenvalue weighted by molar-refractivity contribution is -0.137.